The van der Waals surface area contributed by atoms with Crippen molar-refractivity contribution < 1.29 is 0 Å². The number of nitrogens with two attached hydrogens (primary N) is 1. The highest BCUT2D eigenvalue weighted by Crippen LogP contribution is 2.35. The summed E-state index contributed by atoms with van der Waals surface area (Å²) in [6.07, 6.45) is 0. The van der Waals surface area contributed by atoms with E-state index in [2.05, 4.69) is 59.7 Å². The molecule has 102 valence electrons. The van der Waals surface area contributed by atoms with Gasteiger partial charge in [0.15, 0.2) is 0 Å². The van der Waals surface area contributed by atoms with Crippen LogP contribution in [0.1, 0.15) is 57.4 Å². The fourth-order valence-corrected chi connectivity index (χ4v) is 2.78. The monoisotopic (exact) mass is 256 g/mol. The van der Waals surface area contributed by atoms with Crippen molar-refractivity contribution in [3.63, 3.8) is 0 Å². The van der Waals surface area contributed by atoms with Crippen LogP contribution in [0.25, 0.3) is 10.9 Å². The van der Waals surface area contributed by atoms with E-state index in [9.17, 15) is 0 Å². The van der Waals surface area contributed by atoms with Gasteiger partial charge in [-0.2, -0.15) is 0 Å². The minimum absolute atomic E-state index is 0.0741. The molecule has 2 N–H and O–H groups in total. The summed E-state index contributed by atoms with van der Waals surface area (Å²) in [5.74, 6) is 0.398. The number of pyridine rings is 1. The lowest BCUT2D eigenvalue weighted by atomic mass is 9.84. The zero-order chi connectivity index (χ0) is 14.4. The quantitative estimate of drug-likeness (QED) is 0.813. The molecule has 2 aromatic rings. The van der Waals surface area contributed by atoms with E-state index in [1.807, 2.05) is 0 Å². The summed E-state index contributed by atoms with van der Waals surface area (Å²) in [6, 6.07) is 6.32. The van der Waals surface area contributed by atoms with Crippen LogP contribution >= 0.6 is 0 Å². The Hall–Kier alpha value is -1.57. The molecule has 0 saturated carbocycles. The predicted octanol–water partition coefficient (Wildman–Crippen LogP) is 4.55. The van der Waals surface area contributed by atoms with Gasteiger partial charge in [-0.15, -0.1) is 0 Å². The Morgan fingerprint density at radius 1 is 1.16 bits per heavy atom. The molecule has 0 radical (unpaired) electrons. The lowest BCUT2D eigenvalue weighted by molar-refractivity contribution is 0.594. The average Bonchev–Trinajstić information content (AvgIpc) is 2.26. The van der Waals surface area contributed by atoms with Crippen LogP contribution in [-0.4, -0.2) is 4.98 Å². The van der Waals surface area contributed by atoms with Crippen molar-refractivity contribution in [2.75, 3.05) is 5.73 Å². The zero-order valence-electron chi connectivity index (χ0n) is 12.8. The molecule has 1 aromatic carbocycles. The van der Waals surface area contributed by atoms with Gasteiger partial charge in [0.2, 0.25) is 0 Å². The SMILES string of the molecule is Cc1nc2c(C(C)(C)C)cccc2c(N)c1C(C)C. The highest BCUT2D eigenvalue weighted by molar-refractivity contribution is 5.94. The maximum absolute atomic E-state index is 6.39. The van der Waals surface area contributed by atoms with Crippen LogP contribution in [-0.2, 0) is 5.41 Å². The molecule has 0 spiro atoms. The molecule has 2 rings (SSSR count). The molecule has 0 fully saturated rings. The summed E-state index contributed by atoms with van der Waals surface area (Å²) in [7, 11) is 0. The van der Waals surface area contributed by atoms with Crippen molar-refractivity contribution in [1.29, 1.82) is 0 Å². The third-order valence-corrected chi connectivity index (χ3v) is 3.67. The molecule has 0 unspecified atom stereocenters. The normalized spacial score (nSPS) is 12.4. The van der Waals surface area contributed by atoms with Crippen LogP contribution in [0.5, 0.6) is 0 Å². The van der Waals surface area contributed by atoms with E-state index in [1.54, 1.807) is 0 Å². The molecule has 0 aliphatic carbocycles. The molecular weight excluding hydrogens is 232 g/mol. The van der Waals surface area contributed by atoms with Crippen molar-refractivity contribution in [3.05, 3.63) is 35.0 Å². The fourth-order valence-electron chi connectivity index (χ4n) is 2.78. The maximum Gasteiger partial charge on any atom is 0.0763 e. The van der Waals surface area contributed by atoms with Crippen molar-refractivity contribution in [2.24, 2.45) is 0 Å². The maximum atomic E-state index is 6.39. The van der Waals surface area contributed by atoms with Crippen molar-refractivity contribution >= 4 is 16.6 Å². The highest BCUT2D eigenvalue weighted by Gasteiger charge is 2.20. The fraction of sp³-hybridized carbons (Fsp3) is 0.471. The first-order chi connectivity index (χ1) is 8.73. The smallest absolute Gasteiger partial charge is 0.0763 e. The Morgan fingerprint density at radius 2 is 1.79 bits per heavy atom. The summed E-state index contributed by atoms with van der Waals surface area (Å²) in [5.41, 5.74) is 11.9. The van der Waals surface area contributed by atoms with Crippen LogP contribution < -0.4 is 5.73 Å². The highest BCUT2D eigenvalue weighted by atomic mass is 14.7. The first-order valence-corrected chi connectivity index (χ1v) is 6.92. The molecule has 0 aliphatic rings. The largest absolute Gasteiger partial charge is 0.398 e. The van der Waals surface area contributed by atoms with Gasteiger partial charge in [0.05, 0.1) is 5.52 Å². The molecule has 0 amide bonds. The number of hydrogen-bond donors (Lipinski definition) is 1. The van der Waals surface area contributed by atoms with Gasteiger partial charge in [-0.25, -0.2) is 0 Å². The van der Waals surface area contributed by atoms with E-state index >= 15 is 0 Å². The van der Waals surface area contributed by atoms with Gasteiger partial charge in [0.25, 0.3) is 0 Å². The Labute approximate surface area is 116 Å². The van der Waals surface area contributed by atoms with Crippen LogP contribution in [0, 0.1) is 6.92 Å². The number of nitrogen functional groups attached to an aromatic ring is 1. The second-order valence-corrected chi connectivity index (χ2v) is 6.63. The first-order valence-electron chi connectivity index (χ1n) is 6.92. The molecule has 2 nitrogen and oxygen atoms in total. The number of fused-ring (bicyclic) bond motifs is 1. The van der Waals surface area contributed by atoms with Gasteiger partial charge in [0, 0.05) is 16.8 Å². The standard InChI is InChI=1S/C17H24N2/c1-10(2)14-11(3)19-16-12(15(14)18)8-7-9-13(16)17(4,5)6/h7-10H,1-6H3,(H2,18,19). The molecule has 1 aromatic heterocycles. The molecule has 1 heterocycles. The third-order valence-electron chi connectivity index (χ3n) is 3.67. The van der Waals surface area contributed by atoms with Gasteiger partial charge in [-0.3, -0.25) is 4.98 Å². The van der Waals surface area contributed by atoms with E-state index < -0.39 is 0 Å². The summed E-state index contributed by atoms with van der Waals surface area (Å²) >= 11 is 0. The molecule has 0 bridgehead atoms. The zero-order valence-corrected chi connectivity index (χ0v) is 12.8. The second-order valence-electron chi connectivity index (χ2n) is 6.63. The summed E-state index contributed by atoms with van der Waals surface area (Å²) < 4.78 is 0. The lowest BCUT2D eigenvalue weighted by Crippen LogP contribution is -2.13. The van der Waals surface area contributed by atoms with Crippen molar-refractivity contribution in [2.45, 2.75) is 52.9 Å². The second kappa shape index (κ2) is 4.52. The Morgan fingerprint density at radius 3 is 2.32 bits per heavy atom. The molecule has 0 atom stereocenters. The lowest BCUT2D eigenvalue weighted by Gasteiger charge is -2.23. The Bertz CT molecular complexity index is 619. The number of aromatic nitrogens is 1. The number of nitrogens with zero attached hydrogens (tertiary/aromatic N) is 1. The van der Waals surface area contributed by atoms with E-state index in [0.29, 0.717) is 5.92 Å². The summed E-state index contributed by atoms with van der Waals surface area (Å²) in [6.45, 7) is 13.0. The molecule has 0 aliphatic heterocycles. The first kappa shape index (κ1) is 13.9. The number of rotatable bonds is 1. The van der Waals surface area contributed by atoms with Crippen LogP contribution in [0.2, 0.25) is 0 Å². The molecule has 2 heteroatoms. The average molecular weight is 256 g/mol. The Kier molecular flexibility index (Phi) is 3.29. The number of hydrogen-bond acceptors (Lipinski definition) is 2. The minimum Gasteiger partial charge on any atom is -0.398 e. The van der Waals surface area contributed by atoms with Crippen LogP contribution in [0.4, 0.5) is 5.69 Å². The van der Waals surface area contributed by atoms with E-state index in [-0.39, 0.29) is 5.41 Å². The van der Waals surface area contributed by atoms with Crippen molar-refractivity contribution in [1.82, 2.24) is 4.98 Å². The van der Waals surface area contributed by atoms with Gasteiger partial charge in [-0.05, 0) is 29.4 Å². The Balaban J connectivity index is 2.88. The number of benzene rings is 1. The van der Waals surface area contributed by atoms with Gasteiger partial charge < -0.3 is 5.73 Å². The van der Waals surface area contributed by atoms with Gasteiger partial charge in [-0.1, -0.05) is 52.8 Å². The summed E-state index contributed by atoms with van der Waals surface area (Å²) in [5, 5.41) is 1.08. The van der Waals surface area contributed by atoms with E-state index in [4.69, 9.17) is 10.7 Å². The molecular formula is C17H24N2. The number of anilines is 1. The topological polar surface area (TPSA) is 38.9 Å². The van der Waals surface area contributed by atoms with Crippen molar-refractivity contribution in [3.8, 4) is 0 Å². The van der Waals surface area contributed by atoms with Gasteiger partial charge >= 0.3 is 0 Å². The van der Waals surface area contributed by atoms with Crippen LogP contribution in [0.3, 0.4) is 0 Å². The minimum atomic E-state index is 0.0741. The summed E-state index contributed by atoms with van der Waals surface area (Å²) in [4.78, 5) is 4.84. The number of para-hydroxylation sites is 1. The molecule has 19 heavy (non-hydrogen) atoms. The third kappa shape index (κ3) is 2.32. The predicted molar refractivity (Wildman–Crippen MR) is 83.7 cm³/mol. The van der Waals surface area contributed by atoms with Gasteiger partial charge in [0.1, 0.15) is 0 Å². The van der Waals surface area contributed by atoms with E-state index in [0.717, 1.165) is 22.3 Å². The van der Waals surface area contributed by atoms with Crippen LogP contribution in [0.15, 0.2) is 18.2 Å². The number of aryl methyl sites for hydroxylation is 1. The van der Waals surface area contributed by atoms with E-state index in [1.165, 1.54) is 11.1 Å². The molecule has 0 saturated heterocycles.